The maximum atomic E-state index is 13.1. The summed E-state index contributed by atoms with van der Waals surface area (Å²) in [6, 6.07) is 0. The Morgan fingerprint density at radius 1 is 1.24 bits per heavy atom. The monoisotopic (exact) mass is 284 g/mol. The summed E-state index contributed by atoms with van der Waals surface area (Å²) in [6.07, 6.45) is -6.26. The molecule has 0 rings (SSSR count). The third-order valence-corrected chi connectivity index (χ3v) is 2.58. The van der Waals surface area contributed by atoms with Crippen LogP contribution in [0.1, 0.15) is 13.8 Å². The van der Waals surface area contributed by atoms with Crippen LogP contribution in [0.4, 0.5) is 21.4 Å². The minimum atomic E-state index is -6.84. The lowest BCUT2D eigenvalue weighted by atomic mass is 10.2. The average molecular weight is 284 g/mol. The first-order valence-electron chi connectivity index (χ1n) is 4.21. The van der Waals surface area contributed by atoms with Crippen LogP contribution in [0, 0.1) is 5.92 Å². The lowest BCUT2D eigenvalue weighted by Crippen LogP contribution is -2.53. The minimum absolute atomic E-state index is 0.473. The molecule has 0 aliphatic heterocycles. The SMILES string of the molecule is CC(C)COC(=O)C(F)(C(F)(F)F)S(=O)(=O)F. The molecule has 1 unspecified atom stereocenters. The van der Waals surface area contributed by atoms with Crippen molar-refractivity contribution in [3.05, 3.63) is 0 Å². The van der Waals surface area contributed by atoms with Crippen LogP contribution in [0.15, 0.2) is 0 Å². The molecule has 0 amide bonds. The molecule has 0 radical (unpaired) electrons. The molecular weight excluding hydrogens is 275 g/mol. The molecule has 0 heterocycles. The number of hydrogen-bond donors (Lipinski definition) is 0. The van der Waals surface area contributed by atoms with E-state index in [1.54, 1.807) is 0 Å². The minimum Gasteiger partial charge on any atom is -0.462 e. The zero-order chi connectivity index (χ0) is 14.1. The first-order valence-corrected chi connectivity index (χ1v) is 5.59. The van der Waals surface area contributed by atoms with Crippen LogP contribution < -0.4 is 0 Å². The van der Waals surface area contributed by atoms with Crippen LogP contribution in [0.2, 0.25) is 0 Å². The first-order chi connectivity index (χ1) is 7.34. The quantitative estimate of drug-likeness (QED) is 0.448. The Morgan fingerprint density at radius 3 is 1.88 bits per heavy atom. The number of carbonyl (C=O) groups excluding carboxylic acids is 1. The fourth-order valence-electron chi connectivity index (χ4n) is 0.689. The van der Waals surface area contributed by atoms with Gasteiger partial charge in [0.15, 0.2) is 0 Å². The van der Waals surface area contributed by atoms with E-state index in [2.05, 4.69) is 4.74 Å². The van der Waals surface area contributed by atoms with Gasteiger partial charge in [0.1, 0.15) is 0 Å². The van der Waals surface area contributed by atoms with E-state index in [1.165, 1.54) is 13.8 Å². The normalized spacial score (nSPS) is 16.7. The summed E-state index contributed by atoms with van der Waals surface area (Å²) >= 11 is 0. The molecule has 0 fully saturated rings. The zero-order valence-corrected chi connectivity index (χ0v) is 9.53. The van der Waals surface area contributed by atoms with Crippen LogP contribution >= 0.6 is 0 Å². The second-order valence-electron chi connectivity index (χ2n) is 3.52. The standard InChI is InChI=1S/C7H9F5O4S/c1-4(2)3-16-5(13)6(8,7(9,10)11)17(12,14)15/h4H,3H2,1-2H3. The molecule has 0 saturated heterocycles. The number of alkyl halides is 4. The van der Waals surface area contributed by atoms with E-state index in [0.29, 0.717) is 0 Å². The third kappa shape index (κ3) is 3.27. The summed E-state index contributed by atoms with van der Waals surface area (Å²) in [5, 5.41) is -5.69. The van der Waals surface area contributed by atoms with Gasteiger partial charge in [-0.15, -0.1) is 3.89 Å². The largest absolute Gasteiger partial charge is 0.462 e. The zero-order valence-electron chi connectivity index (χ0n) is 8.72. The molecule has 0 aliphatic rings. The highest BCUT2D eigenvalue weighted by Gasteiger charge is 2.73. The Labute approximate surface area is 94.0 Å². The third-order valence-electron chi connectivity index (χ3n) is 1.51. The van der Waals surface area contributed by atoms with Crippen molar-refractivity contribution in [3.63, 3.8) is 0 Å². The van der Waals surface area contributed by atoms with Crippen LogP contribution in [-0.2, 0) is 19.8 Å². The molecule has 0 N–H and O–H groups in total. The van der Waals surface area contributed by atoms with Crippen molar-refractivity contribution in [2.75, 3.05) is 6.61 Å². The Morgan fingerprint density at radius 2 is 1.65 bits per heavy atom. The summed E-state index contributed by atoms with van der Waals surface area (Å²) < 4.78 is 85.6. The highest BCUT2D eigenvalue weighted by atomic mass is 32.3. The van der Waals surface area contributed by atoms with E-state index < -0.39 is 39.9 Å². The second kappa shape index (κ2) is 4.75. The van der Waals surface area contributed by atoms with Gasteiger partial charge in [-0.1, -0.05) is 13.8 Å². The summed E-state index contributed by atoms with van der Waals surface area (Å²) in [7, 11) is -6.84. The van der Waals surface area contributed by atoms with Crippen molar-refractivity contribution in [3.8, 4) is 0 Å². The Hall–Kier alpha value is -0.930. The number of rotatable bonds is 4. The van der Waals surface area contributed by atoms with Gasteiger partial charge in [-0.2, -0.15) is 21.6 Å². The van der Waals surface area contributed by atoms with Crippen molar-refractivity contribution in [1.82, 2.24) is 0 Å². The van der Waals surface area contributed by atoms with Crippen molar-refractivity contribution in [1.29, 1.82) is 0 Å². The molecule has 0 bridgehead atoms. The topological polar surface area (TPSA) is 60.4 Å². The molecule has 0 aliphatic carbocycles. The fraction of sp³-hybridized carbons (Fsp3) is 0.857. The van der Waals surface area contributed by atoms with Gasteiger partial charge < -0.3 is 4.74 Å². The van der Waals surface area contributed by atoms with E-state index in [-0.39, 0.29) is 0 Å². The molecule has 10 heteroatoms. The smallest absolute Gasteiger partial charge is 0.451 e. The second-order valence-corrected chi connectivity index (χ2v) is 4.96. The molecule has 102 valence electrons. The van der Waals surface area contributed by atoms with E-state index in [1.807, 2.05) is 0 Å². The number of carbonyl (C=O) groups is 1. The molecule has 17 heavy (non-hydrogen) atoms. The van der Waals surface area contributed by atoms with E-state index in [9.17, 15) is 34.7 Å². The van der Waals surface area contributed by atoms with Crippen LogP contribution in [0.3, 0.4) is 0 Å². The fourth-order valence-corrected chi connectivity index (χ4v) is 1.22. The predicted octanol–water partition coefficient (Wildman–Crippen LogP) is 1.71. The Kier molecular flexibility index (Phi) is 4.49. The Balaban J connectivity index is 5.32. The summed E-state index contributed by atoms with van der Waals surface area (Å²) in [5.74, 6) is -3.31. The number of hydrogen-bond acceptors (Lipinski definition) is 4. The lowest BCUT2D eigenvalue weighted by molar-refractivity contribution is -0.215. The van der Waals surface area contributed by atoms with Crippen molar-refractivity contribution in [2.24, 2.45) is 5.92 Å². The number of esters is 1. The highest BCUT2D eigenvalue weighted by molar-refractivity contribution is 7.88. The highest BCUT2D eigenvalue weighted by Crippen LogP contribution is 2.40. The van der Waals surface area contributed by atoms with Gasteiger partial charge in [-0.05, 0) is 5.92 Å². The van der Waals surface area contributed by atoms with Gasteiger partial charge >= 0.3 is 27.4 Å². The molecule has 0 aromatic rings. The van der Waals surface area contributed by atoms with E-state index in [4.69, 9.17) is 0 Å². The van der Waals surface area contributed by atoms with Crippen LogP contribution in [0.25, 0.3) is 0 Å². The summed E-state index contributed by atoms with van der Waals surface area (Å²) in [6.45, 7) is 2.14. The van der Waals surface area contributed by atoms with Crippen LogP contribution in [0.5, 0.6) is 0 Å². The molecular formula is C7H9F5O4S. The molecule has 0 saturated carbocycles. The number of halogens is 5. The summed E-state index contributed by atoms with van der Waals surface area (Å²) in [5.41, 5.74) is 0. The molecule has 4 nitrogen and oxygen atoms in total. The van der Waals surface area contributed by atoms with Gasteiger partial charge in [0.25, 0.3) is 0 Å². The molecule has 0 aromatic heterocycles. The van der Waals surface area contributed by atoms with E-state index in [0.717, 1.165) is 0 Å². The van der Waals surface area contributed by atoms with Gasteiger partial charge in [-0.25, -0.2) is 9.18 Å². The molecule has 0 aromatic carbocycles. The van der Waals surface area contributed by atoms with Crippen molar-refractivity contribution in [2.45, 2.75) is 25.0 Å². The van der Waals surface area contributed by atoms with Gasteiger partial charge in [-0.3, -0.25) is 0 Å². The maximum Gasteiger partial charge on any atom is 0.451 e. The predicted molar refractivity (Wildman–Crippen MR) is 45.7 cm³/mol. The average Bonchev–Trinajstić information content (AvgIpc) is 2.08. The molecule has 0 spiro atoms. The van der Waals surface area contributed by atoms with Gasteiger partial charge in [0.2, 0.25) is 0 Å². The summed E-state index contributed by atoms with van der Waals surface area (Å²) in [4.78, 5) is 10.7. The van der Waals surface area contributed by atoms with Crippen LogP contribution in [-0.4, -0.2) is 32.2 Å². The van der Waals surface area contributed by atoms with E-state index >= 15 is 0 Å². The first kappa shape index (κ1) is 16.1. The van der Waals surface area contributed by atoms with Crippen molar-refractivity contribution >= 4 is 16.2 Å². The maximum absolute atomic E-state index is 13.1. The van der Waals surface area contributed by atoms with Gasteiger partial charge in [0, 0.05) is 0 Å². The lowest BCUT2D eigenvalue weighted by Gasteiger charge is -2.22. The van der Waals surface area contributed by atoms with Crippen molar-refractivity contribution < 1.29 is 39.4 Å². The molecule has 1 atom stereocenters. The Bertz CT molecular complexity index is 388. The van der Waals surface area contributed by atoms with Gasteiger partial charge in [0.05, 0.1) is 6.61 Å². The number of ether oxygens (including phenoxy) is 1.